The molecule has 0 aromatic heterocycles. The Morgan fingerprint density at radius 2 is 1.69 bits per heavy atom. The van der Waals surface area contributed by atoms with Crippen LogP contribution in [0, 0.1) is 5.92 Å². The average Bonchev–Trinajstić information content (AvgIpc) is 2.63. The number of hydrogen-bond donors (Lipinski definition) is 2. The van der Waals surface area contributed by atoms with Crippen molar-refractivity contribution in [3.63, 3.8) is 0 Å². The molecule has 1 aliphatic rings. The summed E-state index contributed by atoms with van der Waals surface area (Å²) in [5.41, 5.74) is 0.686. The van der Waals surface area contributed by atoms with Crippen LogP contribution in [0.4, 0.5) is 0 Å². The van der Waals surface area contributed by atoms with Gasteiger partial charge in [-0.2, -0.15) is 0 Å². The number of benzene rings is 1. The second-order valence-corrected chi connectivity index (χ2v) is 8.79. The lowest BCUT2D eigenvalue weighted by molar-refractivity contribution is -0.126. The normalized spacial score (nSPS) is 14.6. The Bertz CT molecular complexity index is 712. The molecule has 2 amide bonds. The van der Waals surface area contributed by atoms with E-state index in [9.17, 15) is 9.59 Å². The molecule has 7 nitrogen and oxygen atoms in total. The van der Waals surface area contributed by atoms with Crippen molar-refractivity contribution in [3.8, 4) is 11.5 Å². The van der Waals surface area contributed by atoms with Gasteiger partial charge in [0.05, 0.1) is 19.1 Å². The molecular formula is C22H35N3O4. The highest BCUT2D eigenvalue weighted by Gasteiger charge is 2.23. The maximum absolute atomic E-state index is 12.7. The van der Waals surface area contributed by atoms with Gasteiger partial charge in [-0.15, -0.1) is 0 Å². The van der Waals surface area contributed by atoms with Gasteiger partial charge >= 0.3 is 0 Å². The van der Waals surface area contributed by atoms with Gasteiger partial charge in [0.1, 0.15) is 13.2 Å². The maximum atomic E-state index is 12.7. The third-order valence-electron chi connectivity index (χ3n) is 4.60. The molecule has 0 unspecified atom stereocenters. The fourth-order valence-corrected chi connectivity index (χ4v) is 3.25. The molecule has 2 rings (SSSR count). The highest BCUT2D eigenvalue weighted by atomic mass is 16.6. The summed E-state index contributed by atoms with van der Waals surface area (Å²) in [6.07, 6.45) is 0. The van der Waals surface area contributed by atoms with E-state index in [4.69, 9.17) is 9.47 Å². The van der Waals surface area contributed by atoms with Crippen molar-refractivity contribution in [1.29, 1.82) is 0 Å². The SMILES string of the molecule is CCN(CC(=O)N[C@@H](c1ccc2c(c1)OCCO2)C(C)C)CC(=O)NC(C)(C)C. The van der Waals surface area contributed by atoms with Gasteiger partial charge in [0, 0.05) is 5.54 Å². The second-order valence-electron chi connectivity index (χ2n) is 8.79. The van der Waals surface area contributed by atoms with Crippen LogP contribution in [0.15, 0.2) is 18.2 Å². The summed E-state index contributed by atoms with van der Waals surface area (Å²) >= 11 is 0. The van der Waals surface area contributed by atoms with E-state index < -0.39 is 0 Å². The molecule has 0 fully saturated rings. The molecule has 29 heavy (non-hydrogen) atoms. The maximum Gasteiger partial charge on any atom is 0.234 e. The minimum Gasteiger partial charge on any atom is -0.486 e. The van der Waals surface area contributed by atoms with Crippen LogP contribution in [-0.4, -0.2) is 55.1 Å². The second kappa shape index (κ2) is 9.96. The van der Waals surface area contributed by atoms with Gasteiger partial charge in [-0.25, -0.2) is 0 Å². The summed E-state index contributed by atoms with van der Waals surface area (Å²) < 4.78 is 11.3. The van der Waals surface area contributed by atoms with Crippen LogP contribution in [0.1, 0.15) is 53.1 Å². The Balaban J connectivity index is 2.00. The van der Waals surface area contributed by atoms with E-state index in [1.807, 2.05) is 50.8 Å². The minimum atomic E-state index is -0.292. The number of fused-ring (bicyclic) bond motifs is 1. The summed E-state index contributed by atoms with van der Waals surface area (Å²) in [4.78, 5) is 26.7. The van der Waals surface area contributed by atoms with Crippen LogP contribution in [0.25, 0.3) is 0 Å². The summed E-state index contributed by atoms with van der Waals surface area (Å²) in [6.45, 7) is 13.9. The predicted molar refractivity (Wildman–Crippen MR) is 113 cm³/mol. The molecule has 162 valence electrons. The van der Waals surface area contributed by atoms with Crippen LogP contribution in [0.3, 0.4) is 0 Å². The largest absolute Gasteiger partial charge is 0.486 e. The molecule has 0 saturated heterocycles. The lowest BCUT2D eigenvalue weighted by Crippen LogP contribution is -2.48. The number of rotatable bonds is 8. The monoisotopic (exact) mass is 405 g/mol. The van der Waals surface area contributed by atoms with Crippen molar-refractivity contribution in [3.05, 3.63) is 23.8 Å². The van der Waals surface area contributed by atoms with E-state index in [2.05, 4.69) is 24.5 Å². The van der Waals surface area contributed by atoms with Crippen LogP contribution >= 0.6 is 0 Å². The van der Waals surface area contributed by atoms with Crippen LogP contribution < -0.4 is 20.1 Å². The highest BCUT2D eigenvalue weighted by Crippen LogP contribution is 2.34. The first kappa shape index (κ1) is 23.0. The molecule has 7 heteroatoms. The third-order valence-corrected chi connectivity index (χ3v) is 4.60. The fourth-order valence-electron chi connectivity index (χ4n) is 3.25. The molecule has 1 atom stereocenters. The molecule has 1 aliphatic heterocycles. The summed E-state index contributed by atoms with van der Waals surface area (Å²) in [5.74, 6) is 1.45. The molecule has 0 bridgehead atoms. The van der Waals surface area contributed by atoms with Gasteiger partial charge < -0.3 is 20.1 Å². The van der Waals surface area contributed by atoms with Crippen LogP contribution in [0.2, 0.25) is 0 Å². The molecule has 0 spiro atoms. The van der Waals surface area contributed by atoms with Crippen molar-refractivity contribution in [1.82, 2.24) is 15.5 Å². The fraction of sp³-hybridized carbons (Fsp3) is 0.636. The number of likely N-dealkylation sites (N-methyl/N-ethyl adjacent to an activating group) is 1. The average molecular weight is 406 g/mol. The Labute approximate surface area is 174 Å². The lowest BCUT2D eigenvalue weighted by Gasteiger charge is -2.27. The Hall–Kier alpha value is -2.28. The van der Waals surface area contributed by atoms with E-state index in [1.54, 1.807) is 0 Å². The Kier molecular flexibility index (Phi) is 7.90. The standard InChI is InChI=1S/C22H35N3O4/c1-7-25(14-20(27)24-22(4,5)6)13-19(26)23-21(15(2)3)16-8-9-17-18(12-16)29-11-10-28-17/h8-9,12,15,21H,7,10-11,13-14H2,1-6H3,(H,23,26)(H,24,27)/t21-/m1/s1. The molecule has 0 aliphatic carbocycles. The van der Waals surface area contributed by atoms with Gasteiger partial charge in [0.2, 0.25) is 11.8 Å². The zero-order chi connectivity index (χ0) is 21.6. The third kappa shape index (κ3) is 7.24. The topological polar surface area (TPSA) is 79.9 Å². The predicted octanol–water partition coefficient (Wildman–Crippen LogP) is 2.51. The molecule has 1 aromatic rings. The molecule has 0 saturated carbocycles. The Morgan fingerprint density at radius 1 is 1.07 bits per heavy atom. The van der Waals surface area contributed by atoms with E-state index in [0.29, 0.717) is 25.5 Å². The van der Waals surface area contributed by atoms with Crippen LogP contribution in [0.5, 0.6) is 11.5 Å². The molecule has 2 N–H and O–H groups in total. The van der Waals surface area contributed by atoms with Crippen LogP contribution in [-0.2, 0) is 9.59 Å². The van der Waals surface area contributed by atoms with Gasteiger partial charge in [-0.1, -0.05) is 26.8 Å². The van der Waals surface area contributed by atoms with E-state index in [-0.39, 0.29) is 42.4 Å². The number of carbonyl (C=O) groups is 2. The van der Waals surface area contributed by atoms with Crippen molar-refractivity contribution in [2.24, 2.45) is 5.92 Å². The van der Waals surface area contributed by atoms with Gasteiger partial charge in [0.15, 0.2) is 11.5 Å². The molecule has 1 aromatic carbocycles. The number of ether oxygens (including phenoxy) is 2. The lowest BCUT2D eigenvalue weighted by atomic mass is 9.95. The molecule has 1 heterocycles. The highest BCUT2D eigenvalue weighted by molar-refractivity contribution is 5.81. The Morgan fingerprint density at radius 3 is 2.28 bits per heavy atom. The first-order chi connectivity index (χ1) is 13.6. The zero-order valence-corrected chi connectivity index (χ0v) is 18.5. The number of carbonyl (C=O) groups excluding carboxylic acids is 2. The van der Waals surface area contributed by atoms with Gasteiger partial charge in [-0.3, -0.25) is 14.5 Å². The van der Waals surface area contributed by atoms with Gasteiger partial charge in [0.25, 0.3) is 0 Å². The number of nitrogens with zero attached hydrogens (tertiary/aromatic N) is 1. The molecule has 0 radical (unpaired) electrons. The number of amides is 2. The smallest absolute Gasteiger partial charge is 0.234 e. The summed E-state index contributed by atoms with van der Waals surface area (Å²) in [6, 6.07) is 5.64. The molecular weight excluding hydrogens is 370 g/mol. The number of hydrogen-bond acceptors (Lipinski definition) is 5. The minimum absolute atomic E-state index is 0.0839. The summed E-state index contributed by atoms with van der Waals surface area (Å²) in [5, 5.41) is 6.05. The zero-order valence-electron chi connectivity index (χ0n) is 18.5. The van der Waals surface area contributed by atoms with E-state index in [1.165, 1.54) is 0 Å². The number of nitrogens with one attached hydrogen (secondary N) is 2. The van der Waals surface area contributed by atoms with Crippen molar-refractivity contribution < 1.29 is 19.1 Å². The quantitative estimate of drug-likeness (QED) is 0.695. The van der Waals surface area contributed by atoms with Crippen molar-refractivity contribution >= 4 is 11.8 Å². The van der Waals surface area contributed by atoms with E-state index >= 15 is 0 Å². The first-order valence-electron chi connectivity index (χ1n) is 10.3. The van der Waals surface area contributed by atoms with Crippen molar-refractivity contribution in [2.75, 3.05) is 32.8 Å². The first-order valence-corrected chi connectivity index (χ1v) is 10.3. The van der Waals surface area contributed by atoms with Gasteiger partial charge in [-0.05, 0) is 50.9 Å². The summed E-state index contributed by atoms with van der Waals surface area (Å²) in [7, 11) is 0. The van der Waals surface area contributed by atoms with E-state index in [0.717, 1.165) is 11.3 Å². The van der Waals surface area contributed by atoms with Crippen molar-refractivity contribution in [2.45, 2.75) is 53.1 Å².